The molecule has 232 valence electrons. The molecule has 0 aliphatic heterocycles. The largest absolute Gasteiger partial charge is 1.00 e. The second-order valence-electron chi connectivity index (χ2n) is 10.6. The van der Waals surface area contributed by atoms with Gasteiger partial charge in [-0.1, -0.05) is 24.3 Å². The molecule has 8 rings (SSSR count). The van der Waals surface area contributed by atoms with Gasteiger partial charge in [-0.15, -0.1) is 119 Å². The Morgan fingerprint density at radius 2 is 0.522 bits per heavy atom. The fraction of sp³-hybridized carbons (Fsp3) is 0.0952. The van der Waals surface area contributed by atoms with Crippen LogP contribution in [0.15, 0.2) is 170 Å². The van der Waals surface area contributed by atoms with E-state index in [9.17, 15) is 0 Å². The molecule has 0 aliphatic carbocycles. The van der Waals surface area contributed by atoms with Gasteiger partial charge in [0.15, 0.2) is 0 Å². The van der Waals surface area contributed by atoms with E-state index in [-0.39, 0.29) is 24.8 Å². The van der Waals surface area contributed by atoms with Gasteiger partial charge in [-0.25, -0.2) is 0 Å². The molecule has 0 spiro atoms. The van der Waals surface area contributed by atoms with Crippen LogP contribution in [0.4, 0.5) is 0 Å². The van der Waals surface area contributed by atoms with Crippen molar-refractivity contribution in [1.82, 2.24) is 0 Å². The summed E-state index contributed by atoms with van der Waals surface area (Å²) in [7, 11) is 0. The predicted octanol–water partition coefficient (Wildman–Crippen LogP) is 5.73. The minimum absolute atomic E-state index is 0. The molecule has 0 aromatic heterocycles. The van der Waals surface area contributed by atoms with E-state index in [0.717, 1.165) is 0 Å². The zero-order valence-corrected chi connectivity index (χ0v) is 31.6. The molecule has 0 saturated heterocycles. The quantitative estimate of drug-likeness (QED) is 0.139. The molecule has 0 bridgehead atoms. The Bertz CT molecular complexity index is 1560. The Morgan fingerprint density at radius 3 is 0.696 bits per heavy atom. The fourth-order valence-electron chi connectivity index (χ4n) is 4.28. The van der Waals surface area contributed by atoms with Crippen LogP contribution >= 0.6 is 0 Å². The normalized spacial score (nSPS) is 9.22. The third-order valence-corrected chi connectivity index (χ3v) is 6.19. The van der Waals surface area contributed by atoms with E-state index in [1.165, 1.54) is 50.7 Å². The Balaban J connectivity index is 0.000000282. The first kappa shape index (κ1) is 41.1. The summed E-state index contributed by atoms with van der Waals surface area (Å²) < 4.78 is 2.83. The number of fused-ring (bicyclic) bond motifs is 4. The van der Waals surface area contributed by atoms with Crippen LogP contribution in [0.3, 0.4) is 0 Å². The number of benzene rings is 4. The summed E-state index contributed by atoms with van der Waals surface area (Å²) in [6.07, 6.45) is 0. The Kier molecular flexibility index (Phi) is 20.9. The molecule has 46 heavy (non-hydrogen) atoms. The molecule has 8 aromatic carbocycles. The van der Waals surface area contributed by atoms with E-state index in [0.29, 0.717) is 0 Å². The molecule has 8 aromatic rings. The summed E-state index contributed by atoms with van der Waals surface area (Å²) >= 11 is 4.17. The molecule has 0 N–H and O–H groups in total. The van der Waals surface area contributed by atoms with Crippen LogP contribution in [0, 0.1) is 0 Å². The molecule has 0 aliphatic rings. The zero-order valence-electron chi connectivity index (χ0n) is 26.9. The molecule has 0 atom stereocenters. The molecule has 0 saturated carbocycles. The van der Waals surface area contributed by atoms with Gasteiger partial charge in [0.1, 0.15) is 0 Å². The molecular weight excluding hydrogens is 671 g/mol. The molecular formula is C42H40Cl2Ti2-2. The second kappa shape index (κ2) is 23.4. The summed E-state index contributed by atoms with van der Waals surface area (Å²) in [5.74, 6) is 0. The van der Waals surface area contributed by atoms with Gasteiger partial charge in [0.25, 0.3) is 0 Å². The van der Waals surface area contributed by atoms with E-state index in [4.69, 9.17) is 0 Å². The summed E-state index contributed by atoms with van der Waals surface area (Å²) in [6.45, 7) is 8.33. The van der Waals surface area contributed by atoms with Gasteiger partial charge >= 0.3 is 75.3 Å². The predicted molar refractivity (Wildman–Crippen MR) is 191 cm³/mol. The zero-order chi connectivity index (χ0) is 31.6. The number of hydrogen-bond donors (Lipinski definition) is 0. The van der Waals surface area contributed by atoms with E-state index in [1.807, 2.05) is 0 Å². The van der Waals surface area contributed by atoms with Gasteiger partial charge in [-0.05, 0) is 0 Å². The minimum atomic E-state index is 0. The molecule has 0 heterocycles. The van der Waals surface area contributed by atoms with Gasteiger partial charge < -0.3 is 24.8 Å². The monoisotopic (exact) mass is 710 g/mol. The molecule has 4 heteroatoms. The van der Waals surface area contributed by atoms with Crippen LogP contribution in [-0.2, 0) is 39.9 Å². The van der Waals surface area contributed by atoms with Crippen molar-refractivity contribution in [1.29, 1.82) is 0 Å². The minimum Gasteiger partial charge on any atom is -1.00 e. The molecule has 0 nitrogen and oxygen atoms in total. The third-order valence-electron chi connectivity index (χ3n) is 6.19. The second-order valence-corrected chi connectivity index (χ2v) is 13.7. The first-order valence-electron chi connectivity index (χ1n) is 14.8. The topological polar surface area (TPSA) is 0 Å². The van der Waals surface area contributed by atoms with Gasteiger partial charge in [0.05, 0.1) is 0 Å². The number of hydrogen-bond acceptors (Lipinski definition) is 0. The van der Waals surface area contributed by atoms with Crippen molar-refractivity contribution in [2.24, 2.45) is 0 Å². The van der Waals surface area contributed by atoms with Crippen molar-refractivity contribution >= 4 is 50.7 Å². The van der Waals surface area contributed by atoms with E-state index in [2.05, 4.69) is 237 Å². The first-order valence-corrected chi connectivity index (χ1v) is 16.3. The summed E-state index contributed by atoms with van der Waals surface area (Å²) in [5.41, 5.74) is 0. The smallest absolute Gasteiger partial charge is 0.0809 e. The third kappa shape index (κ3) is 15.6. The first-order chi connectivity index (χ1) is 21.3. The van der Waals surface area contributed by atoms with Crippen LogP contribution < -0.4 is 24.8 Å². The molecule has 0 radical (unpaired) electrons. The van der Waals surface area contributed by atoms with E-state index in [1.54, 1.807) is 0 Å². The Hall–Kier alpha value is -2.93. The van der Waals surface area contributed by atoms with E-state index < -0.39 is 0 Å². The van der Waals surface area contributed by atoms with Crippen LogP contribution in [0.1, 0.15) is 27.7 Å². The molecule has 0 fully saturated rings. The van der Waals surface area contributed by atoms with Crippen molar-refractivity contribution in [3.63, 3.8) is 0 Å². The van der Waals surface area contributed by atoms with Crippen LogP contribution in [0.25, 0.3) is 43.1 Å². The van der Waals surface area contributed by atoms with Crippen molar-refractivity contribution in [2.45, 2.75) is 27.7 Å². The summed E-state index contributed by atoms with van der Waals surface area (Å²) in [6, 6.07) is 58.7. The van der Waals surface area contributed by atoms with Gasteiger partial charge in [-0.2, -0.15) is 70.1 Å². The standard InChI is InChI=1S/4C9H7.2C3H6.2ClH.2Ti/c4*1-2-5-9-7-3-6-8(9)4-1;2*1-3-2;;;;/h4*1-7H;2*1-2H3;2*1H;;/q4*-1;;;;;2*+2/p-2. The fourth-order valence-corrected chi connectivity index (χ4v) is 4.28. The maximum absolute atomic E-state index is 2.12. The Morgan fingerprint density at radius 1 is 0.348 bits per heavy atom. The molecule has 0 unspecified atom stereocenters. The average molecular weight is 711 g/mol. The summed E-state index contributed by atoms with van der Waals surface area (Å²) in [4.78, 5) is 0. The van der Waals surface area contributed by atoms with Crippen molar-refractivity contribution in [3.8, 4) is 0 Å². The van der Waals surface area contributed by atoms with Crippen LogP contribution in [0.5, 0.6) is 0 Å². The van der Waals surface area contributed by atoms with Crippen LogP contribution in [0.2, 0.25) is 0 Å². The summed E-state index contributed by atoms with van der Waals surface area (Å²) in [5, 5.41) is 10.6. The van der Waals surface area contributed by atoms with Gasteiger partial charge in [-0.3, -0.25) is 0 Å². The SMILES string of the molecule is C[C](C)=[Ti+2].C[C](C)=[Ti+2].[Cl-].[Cl-].c1ccc2[cH-]ccc2c1.c1ccc2[cH-]ccc2c1.c1ccc2[cH-]ccc2c1.c1ccc2[cH-]ccc2c1. The number of rotatable bonds is 0. The Labute approximate surface area is 310 Å². The van der Waals surface area contributed by atoms with Crippen molar-refractivity contribution in [3.05, 3.63) is 170 Å². The van der Waals surface area contributed by atoms with Crippen molar-refractivity contribution in [2.75, 3.05) is 0 Å². The van der Waals surface area contributed by atoms with Crippen molar-refractivity contribution < 1.29 is 64.8 Å². The molecule has 0 amide bonds. The van der Waals surface area contributed by atoms with Gasteiger partial charge in [0, 0.05) is 0 Å². The average Bonchev–Trinajstić information content (AvgIpc) is 3.84. The maximum Gasteiger partial charge on any atom is -0.0809 e. The van der Waals surface area contributed by atoms with Gasteiger partial charge in [0.2, 0.25) is 0 Å². The van der Waals surface area contributed by atoms with E-state index >= 15 is 0 Å². The van der Waals surface area contributed by atoms with Crippen LogP contribution in [-0.4, -0.2) is 7.62 Å². The number of halogens is 2. The maximum atomic E-state index is 2.12.